The van der Waals surface area contributed by atoms with E-state index in [0.717, 1.165) is 5.56 Å². The number of carboxylic acid groups (broad SMARTS) is 1. The highest BCUT2D eigenvalue weighted by atomic mass is 16.5. The monoisotopic (exact) mass is 289 g/mol. The van der Waals surface area contributed by atoms with Gasteiger partial charge in [-0.15, -0.1) is 0 Å². The lowest BCUT2D eigenvalue weighted by atomic mass is 10.2. The van der Waals surface area contributed by atoms with Gasteiger partial charge in [-0.2, -0.15) is 0 Å². The number of alkyl carbamates (subject to hydrolysis) is 1. The average molecular weight is 289 g/mol. The smallest absolute Gasteiger partial charge is 0.408 e. The van der Waals surface area contributed by atoms with Gasteiger partial charge in [-0.05, 0) is 17.7 Å². The number of rotatable bonds is 6. The van der Waals surface area contributed by atoms with Crippen LogP contribution in [0.25, 0.3) is 0 Å². The van der Waals surface area contributed by atoms with Crippen LogP contribution in [0.1, 0.15) is 11.3 Å². The Morgan fingerprint density at radius 1 is 1.19 bits per heavy atom. The van der Waals surface area contributed by atoms with Gasteiger partial charge in [-0.3, -0.25) is 0 Å². The average Bonchev–Trinajstić information content (AvgIpc) is 2.98. The SMILES string of the molecule is O=C(NC(Cc1ccco1)C(=O)O)OCc1ccccc1. The summed E-state index contributed by atoms with van der Waals surface area (Å²) < 4.78 is 10.1. The Kier molecular flexibility index (Phi) is 4.98. The fraction of sp³-hybridized carbons (Fsp3) is 0.200. The predicted octanol–water partition coefficient (Wildman–Crippen LogP) is 2.20. The highest BCUT2D eigenvalue weighted by Gasteiger charge is 2.22. The molecule has 0 aliphatic carbocycles. The van der Waals surface area contributed by atoms with E-state index in [4.69, 9.17) is 14.3 Å². The second kappa shape index (κ2) is 7.14. The zero-order chi connectivity index (χ0) is 15.1. The molecule has 0 bridgehead atoms. The summed E-state index contributed by atoms with van der Waals surface area (Å²) in [7, 11) is 0. The van der Waals surface area contributed by atoms with Crippen LogP contribution in [0.15, 0.2) is 53.1 Å². The zero-order valence-corrected chi connectivity index (χ0v) is 11.2. The number of amides is 1. The molecule has 1 heterocycles. The van der Waals surface area contributed by atoms with E-state index >= 15 is 0 Å². The molecule has 2 N–H and O–H groups in total. The highest BCUT2D eigenvalue weighted by Crippen LogP contribution is 2.05. The maximum absolute atomic E-state index is 11.6. The number of furan rings is 1. The van der Waals surface area contributed by atoms with Crippen molar-refractivity contribution in [3.63, 3.8) is 0 Å². The van der Waals surface area contributed by atoms with Gasteiger partial charge in [0.05, 0.1) is 6.26 Å². The van der Waals surface area contributed by atoms with Crippen LogP contribution >= 0.6 is 0 Å². The summed E-state index contributed by atoms with van der Waals surface area (Å²) in [5.74, 6) is -0.672. The molecule has 110 valence electrons. The van der Waals surface area contributed by atoms with Crippen molar-refractivity contribution in [2.24, 2.45) is 0 Å². The number of hydrogen-bond acceptors (Lipinski definition) is 4. The quantitative estimate of drug-likeness (QED) is 0.851. The molecule has 0 spiro atoms. The lowest BCUT2D eigenvalue weighted by Gasteiger charge is -2.13. The molecule has 0 aliphatic rings. The Balaban J connectivity index is 1.85. The number of aliphatic carboxylic acids is 1. The molecule has 0 aliphatic heterocycles. The Morgan fingerprint density at radius 3 is 2.57 bits per heavy atom. The van der Waals surface area contributed by atoms with Crippen molar-refractivity contribution >= 4 is 12.1 Å². The van der Waals surface area contributed by atoms with Gasteiger partial charge in [0, 0.05) is 6.42 Å². The standard InChI is InChI=1S/C15H15NO5/c17-14(18)13(9-12-7-4-8-20-12)16-15(19)21-10-11-5-2-1-3-6-11/h1-8,13H,9-10H2,(H,16,19)(H,17,18). The maximum Gasteiger partial charge on any atom is 0.408 e. The van der Waals surface area contributed by atoms with E-state index in [-0.39, 0.29) is 13.0 Å². The molecule has 2 rings (SSSR count). The zero-order valence-electron chi connectivity index (χ0n) is 11.2. The topological polar surface area (TPSA) is 88.8 Å². The molecule has 21 heavy (non-hydrogen) atoms. The minimum absolute atomic E-state index is 0.0583. The van der Waals surface area contributed by atoms with Crippen LogP contribution < -0.4 is 5.32 Å². The van der Waals surface area contributed by atoms with E-state index in [1.807, 2.05) is 30.3 Å². The van der Waals surface area contributed by atoms with Crippen molar-refractivity contribution < 1.29 is 23.8 Å². The molecule has 1 amide bonds. The number of benzene rings is 1. The number of ether oxygens (including phenoxy) is 1. The van der Waals surface area contributed by atoms with Crippen molar-refractivity contribution in [2.45, 2.75) is 19.1 Å². The lowest BCUT2D eigenvalue weighted by Crippen LogP contribution is -2.42. The van der Waals surface area contributed by atoms with E-state index in [1.165, 1.54) is 6.26 Å². The Bertz CT molecular complexity index is 579. The van der Waals surface area contributed by atoms with Crippen LogP contribution in [0.5, 0.6) is 0 Å². The van der Waals surface area contributed by atoms with Crippen LogP contribution in [-0.2, 0) is 22.6 Å². The third-order valence-electron chi connectivity index (χ3n) is 2.79. The molecule has 1 unspecified atom stereocenters. The molecule has 1 aromatic carbocycles. The van der Waals surface area contributed by atoms with Crippen molar-refractivity contribution in [3.8, 4) is 0 Å². The highest BCUT2D eigenvalue weighted by molar-refractivity contribution is 5.80. The summed E-state index contributed by atoms with van der Waals surface area (Å²) in [6.45, 7) is 0.0831. The summed E-state index contributed by atoms with van der Waals surface area (Å²) in [6, 6.07) is 11.3. The molecule has 6 heteroatoms. The third-order valence-corrected chi connectivity index (χ3v) is 2.79. The van der Waals surface area contributed by atoms with Gasteiger partial charge < -0.3 is 19.6 Å². The maximum atomic E-state index is 11.6. The Morgan fingerprint density at radius 2 is 1.95 bits per heavy atom. The first-order chi connectivity index (χ1) is 10.1. The van der Waals surface area contributed by atoms with Crippen LogP contribution in [0.2, 0.25) is 0 Å². The van der Waals surface area contributed by atoms with Gasteiger partial charge in [0.25, 0.3) is 0 Å². The number of hydrogen-bond donors (Lipinski definition) is 2. The van der Waals surface area contributed by atoms with Crippen molar-refractivity contribution in [2.75, 3.05) is 0 Å². The van der Waals surface area contributed by atoms with Gasteiger partial charge in [0.15, 0.2) is 0 Å². The van der Waals surface area contributed by atoms with Crippen LogP contribution in [-0.4, -0.2) is 23.2 Å². The van der Waals surface area contributed by atoms with E-state index in [2.05, 4.69) is 5.32 Å². The number of carbonyl (C=O) groups is 2. The normalized spacial score (nSPS) is 11.6. The van der Waals surface area contributed by atoms with Gasteiger partial charge in [0.1, 0.15) is 18.4 Å². The number of carboxylic acids is 1. The largest absolute Gasteiger partial charge is 0.480 e. The molecule has 1 aromatic heterocycles. The second-order valence-electron chi connectivity index (χ2n) is 4.38. The molecule has 0 saturated heterocycles. The summed E-state index contributed by atoms with van der Waals surface area (Å²) in [5, 5.41) is 11.4. The van der Waals surface area contributed by atoms with Crippen molar-refractivity contribution in [3.05, 3.63) is 60.1 Å². The van der Waals surface area contributed by atoms with Crippen LogP contribution in [0.3, 0.4) is 0 Å². The summed E-state index contributed by atoms with van der Waals surface area (Å²) in [4.78, 5) is 22.8. The molecular formula is C15H15NO5. The molecule has 0 saturated carbocycles. The van der Waals surface area contributed by atoms with E-state index in [0.29, 0.717) is 5.76 Å². The fourth-order valence-electron chi connectivity index (χ4n) is 1.74. The number of nitrogens with one attached hydrogen (secondary N) is 1. The van der Waals surface area contributed by atoms with E-state index in [1.54, 1.807) is 12.1 Å². The number of carbonyl (C=O) groups excluding carboxylic acids is 1. The Hall–Kier alpha value is -2.76. The minimum atomic E-state index is -1.15. The predicted molar refractivity (Wildman–Crippen MR) is 73.6 cm³/mol. The van der Waals surface area contributed by atoms with E-state index in [9.17, 15) is 9.59 Å². The van der Waals surface area contributed by atoms with Crippen molar-refractivity contribution in [1.29, 1.82) is 0 Å². The minimum Gasteiger partial charge on any atom is -0.480 e. The third kappa shape index (κ3) is 4.68. The summed E-state index contributed by atoms with van der Waals surface area (Å²) in [5.41, 5.74) is 0.825. The van der Waals surface area contributed by atoms with Crippen LogP contribution in [0.4, 0.5) is 4.79 Å². The lowest BCUT2D eigenvalue weighted by molar-refractivity contribution is -0.139. The summed E-state index contributed by atoms with van der Waals surface area (Å²) >= 11 is 0. The van der Waals surface area contributed by atoms with E-state index < -0.39 is 18.1 Å². The second-order valence-corrected chi connectivity index (χ2v) is 4.38. The summed E-state index contributed by atoms with van der Waals surface area (Å²) in [6.07, 6.45) is 0.725. The first-order valence-corrected chi connectivity index (χ1v) is 6.37. The van der Waals surface area contributed by atoms with Crippen LogP contribution in [0, 0.1) is 0 Å². The van der Waals surface area contributed by atoms with Gasteiger partial charge in [0.2, 0.25) is 0 Å². The molecule has 0 radical (unpaired) electrons. The molecule has 6 nitrogen and oxygen atoms in total. The molecule has 2 aromatic rings. The Labute approximate surface area is 121 Å². The molecular weight excluding hydrogens is 274 g/mol. The molecule has 1 atom stereocenters. The fourth-order valence-corrected chi connectivity index (χ4v) is 1.74. The first kappa shape index (κ1) is 14.6. The van der Waals surface area contributed by atoms with Gasteiger partial charge in [-0.25, -0.2) is 9.59 Å². The van der Waals surface area contributed by atoms with Gasteiger partial charge in [-0.1, -0.05) is 30.3 Å². The van der Waals surface area contributed by atoms with Gasteiger partial charge >= 0.3 is 12.1 Å². The first-order valence-electron chi connectivity index (χ1n) is 6.37. The molecule has 0 fully saturated rings. The van der Waals surface area contributed by atoms with Crippen molar-refractivity contribution in [1.82, 2.24) is 5.32 Å².